The van der Waals surface area contributed by atoms with Gasteiger partial charge < -0.3 is 10.0 Å². The van der Waals surface area contributed by atoms with Gasteiger partial charge in [0.25, 0.3) is 0 Å². The predicted molar refractivity (Wildman–Crippen MR) is 54.6 cm³/mol. The predicted octanol–water partition coefficient (Wildman–Crippen LogP) is -0.158. The van der Waals surface area contributed by atoms with Crippen LogP contribution in [0.3, 0.4) is 0 Å². The highest BCUT2D eigenvalue weighted by atomic mass is 16.3. The van der Waals surface area contributed by atoms with Crippen LogP contribution in [0, 0.1) is 6.92 Å². The SMILES string of the molecule is Cc1nc(N2CC(O)C2)c2cn[nH]c2n1. The summed E-state index contributed by atoms with van der Waals surface area (Å²) in [4.78, 5) is 10.6. The van der Waals surface area contributed by atoms with Gasteiger partial charge in [0.05, 0.1) is 17.7 Å². The van der Waals surface area contributed by atoms with Gasteiger partial charge in [0.15, 0.2) is 5.65 Å². The lowest BCUT2D eigenvalue weighted by Crippen LogP contribution is -2.51. The number of H-pyrrole nitrogens is 1. The number of aromatic amines is 1. The molecular formula is C9H11N5O. The summed E-state index contributed by atoms with van der Waals surface area (Å²) in [5, 5.41) is 16.9. The Morgan fingerprint density at radius 2 is 2.27 bits per heavy atom. The van der Waals surface area contributed by atoms with Crippen LogP contribution in [-0.2, 0) is 0 Å². The fraction of sp³-hybridized carbons (Fsp3) is 0.444. The molecular weight excluding hydrogens is 194 g/mol. The molecule has 0 saturated carbocycles. The second-order valence-corrected chi connectivity index (χ2v) is 3.79. The van der Waals surface area contributed by atoms with E-state index in [2.05, 4.69) is 20.2 Å². The van der Waals surface area contributed by atoms with Gasteiger partial charge in [-0.25, -0.2) is 9.97 Å². The average Bonchev–Trinajstić information content (AvgIpc) is 2.59. The average molecular weight is 205 g/mol. The molecule has 0 atom stereocenters. The van der Waals surface area contributed by atoms with Crippen LogP contribution in [-0.4, -0.2) is 44.5 Å². The van der Waals surface area contributed by atoms with Crippen molar-refractivity contribution in [3.8, 4) is 0 Å². The number of anilines is 1. The summed E-state index contributed by atoms with van der Waals surface area (Å²) in [5.74, 6) is 1.57. The topological polar surface area (TPSA) is 77.9 Å². The van der Waals surface area contributed by atoms with Crippen LogP contribution in [0.1, 0.15) is 5.82 Å². The maximum atomic E-state index is 9.26. The molecule has 0 spiro atoms. The molecule has 15 heavy (non-hydrogen) atoms. The number of rotatable bonds is 1. The van der Waals surface area contributed by atoms with Crippen LogP contribution in [0.15, 0.2) is 6.20 Å². The van der Waals surface area contributed by atoms with Crippen LogP contribution in [0.2, 0.25) is 0 Å². The van der Waals surface area contributed by atoms with Gasteiger partial charge in [-0.05, 0) is 6.92 Å². The summed E-state index contributed by atoms with van der Waals surface area (Å²) < 4.78 is 0. The van der Waals surface area contributed by atoms with Crippen molar-refractivity contribution >= 4 is 16.9 Å². The molecule has 6 heteroatoms. The van der Waals surface area contributed by atoms with Gasteiger partial charge in [0, 0.05) is 13.1 Å². The highest BCUT2D eigenvalue weighted by molar-refractivity contribution is 5.86. The van der Waals surface area contributed by atoms with Crippen molar-refractivity contribution in [3.05, 3.63) is 12.0 Å². The molecule has 2 aromatic rings. The lowest BCUT2D eigenvalue weighted by Gasteiger charge is -2.37. The van der Waals surface area contributed by atoms with Crippen LogP contribution < -0.4 is 4.90 Å². The molecule has 3 rings (SSSR count). The van der Waals surface area contributed by atoms with Crippen molar-refractivity contribution in [2.24, 2.45) is 0 Å². The molecule has 6 nitrogen and oxygen atoms in total. The van der Waals surface area contributed by atoms with E-state index < -0.39 is 0 Å². The lowest BCUT2D eigenvalue weighted by molar-refractivity contribution is 0.141. The fourth-order valence-electron chi connectivity index (χ4n) is 1.80. The largest absolute Gasteiger partial charge is 0.389 e. The van der Waals surface area contributed by atoms with Crippen molar-refractivity contribution < 1.29 is 5.11 Å². The molecule has 0 aromatic carbocycles. The third kappa shape index (κ3) is 1.25. The zero-order valence-electron chi connectivity index (χ0n) is 8.30. The molecule has 2 aromatic heterocycles. The van der Waals surface area contributed by atoms with Crippen molar-refractivity contribution in [1.29, 1.82) is 0 Å². The Bertz CT molecular complexity index is 502. The van der Waals surface area contributed by atoms with Gasteiger partial charge in [0.2, 0.25) is 0 Å². The van der Waals surface area contributed by atoms with Crippen molar-refractivity contribution in [2.45, 2.75) is 13.0 Å². The molecule has 0 aliphatic carbocycles. The molecule has 0 unspecified atom stereocenters. The minimum Gasteiger partial charge on any atom is -0.389 e. The number of β-amino-alcohol motifs (C(OH)–C–C–N with tert-alkyl or cyclic N) is 1. The number of hydrogen-bond acceptors (Lipinski definition) is 5. The third-order valence-electron chi connectivity index (χ3n) is 2.56. The monoisotopic (exact) mass is 205 g/mol. The standard InChI is InChI=1S/C9H11N5O/c1-5-11-8-7(2-10-13-8)9(12-5)14-3-6(15)4-14/h2,6,15H,3-4H2,1H3,(H,10,11,12,13). The van der Waals surface area contributed by atoms with Gasteiger partial charge in [-0.15, -0.1) is 0 Å². The Kier molecular flexibility index (Phi) is 1.66. The Hall–Kier alpha value is -1.69. The van der Waals surface area contributed by atoms with E-state index in [1.807, 2.05) is 11.8 Å². The number of hydrogen-bond donors (Lipinski definition) is 2. The summed E-state index contributed by atoms with van der Waals surface area (Å²) in [6, 6.07) is 0. The lowest BCUT2D eigenvalue weighted by atomic mass is 10.1. The highest BCUT2D eigenvalue weighted by Gasteiger charge is 2.27. The molecule has 2 N–H and O–H groups in total. The number of aliphatic hydroxyl groups excluding tert-OH is 1. The zero-order chi connectivity index (χ0) is 10.4. The van der Waals surface area contributed by atoms with Crippen molar-refractivity contribution in [1.82, 2.24) is 20.2 Å². The first-order valence-corrected chi connectivity index (χ1v) is 4.85. The van der Waals surface area contributed by atoms with Gasteiger partial charge in [-0.2, -0.15) is 5.10 Å². The normalized spacial score (nSPS) is 17.1. The molecule has 1 aliphatic rings. The number of aromatic nitrogens is 4. The van der Waals surface area contributed by atoms with E-state index in [4.69, 9.17) is 0 Å². The fourth-order valence-corrected chi connectivity index (χ4v) is 1.80. The quantitative estimate of drug-likeness (QED) is 0.676. The van der Waals surface area contributed by atoms with Crippen LogP contribution >= 0.6 is 0 Å². The van der Waals surface area contributed by atoms with Crippen molar-refractivity contribution in [3.63, 3.8) is 0 Å². The molecule has 1 fully saturated rings. The van der Waals surface area contributed by atoms with Gasteiger partial charge in [-0.3, -0.25) is 5.10 Å². The summed E-state index contributed by atoms with van der Waals surface area (Å²) in [6.45, 7) is 3.12. The summed E-state index contributed by atoms with van der Waals surface area (Å²) in [5.41, 5.74) is 0.749. The minimum atomic E-state index is -0.234. The van der Waals surface area contributed by atoms with Crippen LogP contribution in [0.4, 0.5) is 5.82 Å². The smallest absolute Gasteiger partial charge is 0.161 e. The molecule has 0 amide bonds. The number of aryl methyl sites for hydroxylation is 1. The first-order valence-electron chi connectivity index (χ1n) is 4.85. The van der Waals surface area contributed by atoms with E-state index in [9.17, 15) is 5.11 Å². The summed E-state index contributed by atoms with van der Waals surface area (Å²) in [7, 11) is 0. The Morgan fingerprint density at radius 3 is 3.00 bits per heavy atom. The maximum Gasteiger partial charge on any atom is 0.161 e. The van der Waals surface area contributed by atoms with E-state index in [1.54, 1.807) is 6.20 Å². The summed E-state index contributed by atoms with van der Waals surface area (Å²) in [6.07, 6.45) is 1.48. The Morgan fingerprint density at radius 1 is 1.47 bits per heavy atom. The van der Waals surface area contributed by atoms with E-state index in [0.717, 1.165) is 16.9 Å². The molecule has 0 radical (unpaired) electrons. The third-order valence-corrected chi connectivity index (χ3v) is 2.56. The Balaban J connectivity index is 2.12. The Labute approximate surface area is 86.0 Å². The first-order chi connectivity index (χ1) is 7.24. The second kappa shape index (κ2) is 2.90. The van der Waals surface area contributed by atoms with E-state index in [-0.39, 0.29) is 6.10 Å². The minimum absolute atomic E-state index is 0.234. The van der Waals surface area contributed by atoms with E-state index in [1.165, 1.54) is 0 Å². The maximum absolute atomic E-state index is 9.26. The molecule has 3 heterocycles. The second-order valence-electron chi connectivity index (χ2n) is 3.79. The molecule has 1 aliphatic heterocycles. The highest BCUT2D eigenvalue weighted by Crippen LogP contribution is 2.25. The number of aliphatic hydroxyl groups is 1. The van der Waals surface area contributed by atoms with Crippen LogP contribution in [0.25, 0.3) is 11.0 Å². The first kappa shape index (κ1) is 8.60. The van der Waals surface area contributed by atoms with Crippen LogP contribution in [0.5, 0.6) is 0 Å². The zero-order valence-corrected chi connectivity index (χ0v) is 8.30. The van der Waals surface area contributed by atoms with Gasteiger partial charge in [-0.1, -0.05) is 0 Å². The van der Waals surface area contributed by atoms with E-state index >= 15 is 0 Å². The number of fused-ring (bicyclic) bond motifs is 1. The van der Waals surface area contributed by atoms with Gasteiger partial charge in [0.1, 0.15) is 11.6 Å². The molecule has 0 bridgehead atoms. The van der Waals surface area contributed by atoms with Gasteiger partial charge >= 0.3 is 0 Å². The number of nitrogens with zero attached hydrogens (tertiary/aromatic N) is 4. The molecule has 78 valence electrons. The molecule has 1 saturated heterocycles. The summed E-state index contributed by atoms with van der Waals surface area (Å²) >= 11 is 0. The van der Waals surface area contributed by atoms with Crippen molar-refractivity contribution in [2.75, 3.05) is 18.0 Å². The number of nitrogens with one attached hydrogen (secondary N) is 1. The van der Waals surface area contributed by atoms with E-state index in [0.29, 0.717) is 18.9 Å².